The fourth-order valence-electron chi connectivity index (χ4n) is 2.16. The molecule has 3 heteroatoms. The van der Waals surface area contributed by atoms with Gasteiger partial charge in [-0.05, 0) is 44.0 Å². The lowest BCUT2D eigenvalue weighted by Crippen LogP contribution is -2.25. The summed E-state index contributed by atoms with van der Waals surface area (Å²) in [4.78, 5) is 6.89. The van der Waals surface area contributed by atoms with Crippen molar-refractivity contribution in [3.05, 3.63) is 23.4 Å². The molecule has 0 atom stereocenters. The van der Waals surface area contributed by atoms with Crippen LogP contribution in [0.4, 0.5) is 5.82 Å². The molecule has 0 aromatic carbocycles. The first-order chi connectivity index (χ1) is 9.74. The number of aromatic nitrogens is 1. The zero-order valence-electron chi connectivity index (χ0n) is 13.1. The predicted molar refractivity (Wildman–Crippen MR) is 86.9 cm³/mol. The van der Waals surface area contributed by atoms with Crippen LogP contribution in [0.3, 0.4) is 0 Å². The van der Waals surface area contributed by atoms with E-state index in [-0.39, 0.29) is 0 Å². The van der Waals surface area contributed by atoms with Crippen LogP contribution < -0.4 is 10.2 Å². The number of nitrogens with zero attached hydrogens (tertiary/aromatic N) is 2. The summed E-state index contributed by atoms with van der Waals surface area (Å²) in [5.74, 6) is 3.72. The largest absolute Gasteiger partial charge is 0.346 e. The number of terminal acetylenes is 1. The van der Waals surface area contributed by atoms with Crippen molar-refractivity contribution >= 4 is 5.82 Å². The number of hydrogen-bond donors (Lipinski definition) is 1. The van der Waals surface area contributed by atoms with Gasteiger partial charge in [-0.25, -0.2) is 4.98 Å². The normalized spacial score (nSPS) is 10.3. The van der Waals surface area contributed by atoms with Gasteiger partial charge in [0.25, 0.3) is 0 Å². The molecule has 1 N–H and O–H groups in total. The number of nitrogens with one attached hydrogen (secondary N) is 1. The van der Waals surface area contributed by atoms with E-state index >= 15 is 0 Å². The fraction of sp³-hybridized carbons (Fsp3) is 0.588. The van der Waals surface area contributed by atoms with E-state index in [9.17, 15) is 0 Å². The van der Waals surface area contributed by atoms with Crippen LogP contribution in [0.5, 0.6) is 0 Å². The first-order valence-electron chi connectivity index (χ1n) is 7.64. The Hall–Kier alpha value is -1.53. The topological polar surface area (TPSA) is 28.2 Å². The molecule has 0 aliphatic carbocycles. The third kappa shape index (κ3) is 5.22. The van der Waals surface area contributed by atoms with Gasteiger partial charge in [-0.15, -0.1) is 6.42 Å². The highest BCUT2D eigenvalue weighted by molar-refractivity contribution is 5.44. The van der Waals surface area contributed by atoms with E-state index in [0.29, 0.717) is 6.54 Å². The molecule has 0 bridgehead atoms. The van der Waals surface area contributed by atoms with E-state index in [1.165, 1.54) is 5.56 Å². The van der Waals surface area contributed by atoms with Crippen LogP contribution in [0, 0.1) is 12.3 Å². The minimum absolute atomic E-state index is 0.612. The molecule has 0 fully saturated rings. The summed E-state index contributed by atoms with van der Waals surface area (Å²) in [6.07, 6.45) is 8.72. The maximum atomic E-state index is 5.44. The van der Waals surface area contributed by atoms with Crippen molar-refractivity contribution in [2.24, 2.45) is 0 Å². The summed E-state index contributed by atoms with van der Waals surface area (Å²) in [5, 5.41) is 3.45. The van der Waals surface area contributed by atoms with Crippen molar-refractivity contribution in [3.8, 4) is 12.3 Å². The number of anilines is 1. The lowest BCUT2D eigenvalue weighted by molar-refractivity contribution is 0.673. The van der Waals surface area contributed by atoms with E-state index in [1.807, 2.05) is 0 Å². The lowest BCUT2D eigenvalue weighted by Gasteiger charge is -2.21. The second kappa shape index (κ2) is 9.39. The van der Waals surface area contributed by atoms with Crippen LogP contribution in [0.2, 0.25) is 0 Å². The van der Waals surface area contributed by atoms with Crippen molar-refractivity contribution in [1.29, 1.82) is 0 Å². The Morgan fingerprint density at radius 1 is 1.25 bits per heavy atom. The molecular weight excluding hydrogens is 246 g/mol. The number of aryl methyl sites for hydroxylation is 1. The molecular formula is C17H27N3. The summed E-state index contributed by atoms with van der Waals surface area (Å²) in [6, 6.07) is 4.36. The van der Waals surface area contributed by atoms with Gasteiger partial charge < -0.3 is 10.2 Å². The SMILES string of the molecule is C#CCN(CC)c1cc(CNCCC)cc(CCC)n1. The zero-order valence-corrected chi connectivity index (χ0v) is 13.1. The molecule has 110 valence electrons. The Morgan fingerprint density at radius 3 is 2.65 bits per heavy atom. The average Bonchev–Trinajstić information content (AvgIpc) is 2.45. The fourth-order valence-corrected chi connectivity index (χ4v) is 2.16. The second-order valence-electron chi connectivity index (χ2n) is 4.97. The van der Waals surface area contributed by atoms with E-state index in [1.54, 1.807) is 0 Å². The smallest absolute Gasteiger partial charge is 0.129 e. The molecule has 1 aromatic rings. The quantitative estimate of drug-likeness (QED) is 0.554. The summed E-state index contributed by atoms with van der Waals surface area (Å²) < 4.78 is 0. The van der Waals surface area contributed by atoms with Crippen LogP contribution in [-0.2, 0) is 13.0 Å². The minimum Gasteiger partial charge on any atom is -0.346 e. The van der Waals surface area contributed by atoms with Gasteiger partial charge in [0, 0.05) is 18.8 Å². The summed E-state index contributed by atoms with van der Waals surface area (Å²) in [7, 11) is 0. The van der Waals surface area contributed by atoms with Gasteiger partial charge in [0.1, 0.15) is 5.82 Å². The monoisotopic (exact) mass is 273 g/mol. The molecule has 0 spiro atoms. The highest BCUT2D eigenvalue weighted by Gasteiger charge is 2.08. The standard InChI is InChI=1S/C17H27N3/c1-5-9-16-12-15(14-18-10-6-2)13-17(19-16)20(8-4)11-7-3/h3,12-13,18H,5-6,8-11,14H2,1-2,4H3. The molecule has 0 unspecified atom stereocenters. The molecule has 0 aliphatic heterocycles. The van der Waals surface area contributed by atoms with Crippen molar-refractivity contribution in [1.82, 2.24) is 10.3 Å². The van der Waals surface area contributed by atoms with Gasteiger partial charge >= 0.3 is 0 Å². The zero-order chi connectivity index (χ0) is 14.8. The molecule has 3 nitrogen and oxygen atoms in total. The number of hydrogen-bond acceptors (Lipinski definition) is 3. The first kappa shape index (κ1) is 16.5. The minimum atomic E-state index is 0.612. The molecule has 0 saturated heterocycles. The van der Waals surface area contributed by atoms with Gasteiger partial charge in [0.2, 0.25) is 0 Å². The van der Waals surface area contributed by atoms with Gasteiger partial charge in [0.05, 0.1) is 6.54 Å². The predicted octanol–water partition coefficient (Wildman–Crippen LogP) is 2.99. The van der Waals surface area contributed by atoms with Crippen molar-refractivity contribution < 1.29 is 0 Å². The van der Waals surface area contributed by atoms with Gasteiger partial charge in [0.15, 0.2) is 0 Å². The summed E-state index contributed by atoms with van der Waals surface area (Å²) >= 11 is 0. The maximum absolute atomic E-state index is 5.44. The van der Waals surface area contributed by atoms with Crippen LogP contribution in [0.1, 0.15) is 44.9 Å². The van der Waals surface area contributed by atoms with E-state index < -0.39 is 0 Å². The molecule has 1 rings (SSSR count). The molecule has 0 saturated carbocycles. The Morgan fingerprint density at radius 2 is 2.05 bits per heavy atom. The third-order valence-corrected chi connectivity index (χ3v) is 3.17. The highest BCUT2D eigenvalue weighted by atomic mass is 15.2. The van der Waals surface area contributed by atoms with Gasteiger partial charge in [-0.3, -0.25) is 0 Å². The Kier molecular flexibility index (Phi) is 7.75. The lowest BCUT2D eigenvalue weighted by atomic mass is 10.1. The molecule has 1 heterocycles. The Balaban J connectivity index is 2.94. The van der Waals surface area contributed by atoms with Gasteiger partial charge in [-0.2, -0.15) is 0 Å². The molecule has 1 aromatic heterocycles. The van der Waals surface area contributed by atoms with E-state index in [4.69, 9.17) is 11.4 Å². The maximum Gasteiger partial charge on any atom is 0.129 e. The summed E-state index contributed by atoms with van der Waals surface area (Å²) in [5.41, 5.74) is 2.45. The average molecular weight is 273 g/mol. The van der Waals surface area contributed by atoms with Crippen LogP contribution in [0.15, 0.2) is 12.1 Å². The van der Waals surface area contributed by atoms with Gasteiger partial charge in [-0.1, -0.05) is 26.2 Å². The van der Waals surface area contributed by atoms with Crippen molar-refractivity contribution in [2.45, 2.75) is 46.6 Å². The molecule has 0 radical (unpaired) electrons. The molecule has 0 amide bonds. The van der Waals surface area contributed by atoms with E-state index in [2.05, 4.69) is 49.0 Å². The third-order valence-electron chi connectivity index (χ3n) is 3.17. The number of rotatable bonds is 9. The first-order valence-corrected chi connectivity index (χ1v) is 7.64. The van der Waals surface area contributed by atoms with Crippen LogP contribution in [-0.4, -0.2) is 24.6 Å². The van der Waals surface area contributed by atoms with Crippen molar-refractivity contribution in [2.75, 3.05) is 24.5 Å². The van der Waals surface area contributed by atoms with Crippen molar-refractivity contribution in [3.63, 3.8) is 0 Å². The van der Waals surface area contributed by atoms with Crippen LogP contribution >= 0.6 is 0 Å². The molecule has 0 aliphatic rings. The highest BCUT2D eigenvalue weighted by Crippen LogP contribution is 2.16. The van der Waals surface area contributed by atoms with Crippen LogP contribution in [0.25, 0.3) is 0 Å². The van der Waals surface area contributed by atoms with E-state index in [0.717, 1.165) is 50.4 Å². The number of pyridine rings is 1. The molecule has 20 heavy (non-hydrogen) atoms. The Labute approximate surface area is 123 Å². The second-order valence-corrected chi connectivity index (χ2v) is 4.97. The summed E-state index contributed by atoms with van der Waals surface area (Å²) in [6.45, 7) is 9.91. The Bertz CT molecular complexity index is 434.